The standard InChI is InChI=1S/C6H8N2O4/c7-3-6(8)11-4(9)1-2-5(10)12-6/h1-2H,3,7-8H2. The number of cyclic esters (lactones) is 2. The Morgan fingerprint density at radius 2 is 1.67 bits per heavy atom. The van der Waals surface area contributed by atoms with Crippen LogP contribution < -0.4 is 11.5 Å². The van der Waals surface area contributed by atoms with Gasteiger partial charge in [-0.15, -0.1) is 0 Å². The Kier molecular flexibility index (Phi) is 2.11. The molecule has 12 heavy (non-hydrogen) atoms. The first-order valence-electron chi connectivity index (χ1n) is 3.19. The quantitative estimate of drug-likeness (QED) is 0.453. The van der Waals surface area contributed by atoms with Crippen molar-refractivity contribution in [1.82, 2.24) is 0 Å². The van der Waals surface area contributed by atoms with Gasteiger partial charge < -0.3 is 15.2 Å². The van der Waals surface area contributed by atoms with Crippen LogP contribution in [0, 0.1) is 0 Å². The van der Waals surface area contributed by atoms with Gasteiger partial charge in [0.25, 0.3) is 0 Å². The third kappa shape index (κ3) is 1.80. The number of rotatable bonds is 1. The molecule has 0 aromatic heterocycles. The summed E-state index contributed by atoms with van der Waals surface area (Å²) in [6, 6.07) is 0. The van der Waals surface area contributed by atoms with Crippen LogP contribution in [0.3, 0.4) is 0 Å². The van der Waals surface area contributed by atoms with E-state index >= 15 is 0 Å². The number of nitrogens with two attached hydrogens (primary N) is 2. The van der Waals surface area contributed by atoms with Crippen molar-refractivity contribution in [3.05, 3.63) is 12.2 Å². The van der Waals surface area contributed by atoms with Gasteiger partial charge in [-0.3, -0.25) is 5.73 Å². The topological polar surface area (TPSA) is 105 Å². The summed E-state index contributed by atoms with van der Waals surface area (Å²) in [5, 5.41) is 0. The molecule has 0 aromatic carbocycles. The van der Waals surface area contributed by atoms with Crippen LogP contribution in [0.2, 0.25) is 0 Å². The van der Waals surface area contributed by atoms with Crippen molar-refractivity contribution in [2.75, 3.05) is 6.54 Å². The maximum Gasteiger partial charge on any atom is 0.335 e. The molecule has 4 N–H and O–H groups in total. The van der Waals surface area contributed by atoms with Gasteiger partial charge in [0.15, 0.2) is 0 Å². The number of hydrogen-bond acceptors (Lipinski definition) is 6. The van der Waals surface area contributed by atoms with E-state index in [-0.39, 0.29) is 6.54 Å². The molecule has 0 saturated heterocycles. The fourth-order valence-corrected chi connectivity index (χ4v) is 0.649. The number of esters is 2. The summed E-state index contributed by atoms with van der Waals surface area (Å²) in [7, 11) is 0. The van der Waals surface area contributed by atoms with Crippen molar-refractivity contribution in [2.45, 2.75) is 5.91 Å². The molecule has 0 spiro atoms. The van der Waals surface area contributed by atoms with E-state index in [0.717, 1.165) is 12.2 Å². The summed E-state index contributed by atoms with van der Waals surface area (Å²) in [5.74, 6) is -3.35. The first-order valence-corrected chi connectivity index (χ1v) is 3.19. The van der Waals surface area contributed by atoms with Gasteiger partial charge in [-0.1, -0.05) is 0 Å². The fourth-order valence-electron chi connectivity index (χ4n) is 0.649. The van der Waals surface area contributed by atoms with E-state index in [1.807, 2.05) is 0 Å². The van der Waals surface area contributed by atoms with Crippen molar-refractivity contribution in [2.24, 2.45) is 11.5 Å². The van der Waals surface area contributed by atoms with Crippen molar-refractivity contribution in [1.29, 1.82) is 0 Å². The predicted octanol–water partition coefficient (Wildman–Crippen LogP) is -1.79. The van der Waals surface area contributed by atoms with Gasteiger partial charge in [-0.25, -0.2) is 9.59 Å². The molecule has 1 rings (SSSR count). The Bertz CT molecular complexity index is 228. The average molecular weight is 172 g/mol. The number of carbonyl (C=O) groups excluding carboxylic acids is 2. The number of ether oxygens (including phenoxy) is 2. The highest BCUT2D eigenvalue weighted by atomic mass is 16.7. The Hall–Kier alpha value is -1.40. The van der Waals surface area contributed by atoms with Crippen molar-refractivity contribution < 1.29 is 19.1 Å². The lowest BCUT2D eigenvalue weighted by Gasteiger charge is -2.24. The Balaban J connectivity index is 2.83. The third-order valence-corrected chi connectivity index (χ3v) is 1.19. The average Bonchev–Trinajstić information content (AvgIpc) is 2.11. The molecule has 0 amide bonds. The maximum atomic E-state index is 10.7. The van der Waals surface area contributed by atoms with Crippen LogP contribution in [-0.2, 0) is 19.1 Å². The van der Waals surface area contributed by atoms with Gasteiger partial charge in [0.05, 0.1) is 6.54 Å². The van der Waals surface area contributed by atoms with Crippen LogP contribution in [0.25, 0.3) is 0 Å². The third-order valence-electron chi connectivity index (χ3n) is 1.19. The largest absolute Gasteiger partial charge is 0.404 e. The van der Waals surface area contributed by atoms with E-state index in [0.29, 0.717) is 0 Å². The summed E-state index contributed by atoms with van der Waals surface area (Å²) in [6.45, 7) is -0.286. The lowest BCUT2D eigenvalue weighted by molar-refractivity contribution is -0.214. The van der Waals surface area contributed by atoms with Gasteiger partial charge in [0.2, 0.25) is 0 Å². The molecule has 1 heterocycles. The van der Waals surface area contributed by atoms with Crippen LogP contribution >= 0.6 is 0 Å². The summed E-state index contributed by atoms with van der Waals surface area (Å²) < 4.78 is 9.00. The van der Waals surface area contributed by atoms with Gasteiger partial charge in [-0.2, -0.15) is 0 Å². The van der Waals surface area contributed by atoms with E-state index in [2.05, 4.69) is 9.47 Å². The normalized spacial score (nSPS) is 21.2. The predicted molar refractivity (Wildman–Crippen MR) is 37.3 cm³/mol. The summed E-state index contributed by atoms with van der Waals surface area (Å²) in [6.07, 6.45) is 1.85. The molecule has 0 atom stereocenters. The first kappa shape index (κ1) is 8.69. The van der Waals surface area contributed by atoms with Crippen molar-refractivity contribution in [3.8, 4) is 0 Å². The minimum atomic E-state index is -1.84. The Morgan fingerprint density at radius 3 is 2.00 bits per heavy atom. The molecule has 66 valence electrons. The van der Waals surface area contributed by atoms with Crippen molar-refractivity contribution in [3.63, 3.8) is 0 Å². The highest BCUT2D eigenvalue weighted by Crippen LogP contribution is 2.08. The molecule has 1 aliphatic rings. The molecule has 0 fully saturated rings. The molecule has 0 aromatic rings. The second-order valence-electron chi connectivity index (χ2n) is 2.19. The van der Waals surface area contributed by atoms with Crippen molar-refractivity contribution >= 4 is 11.9 Å². The molecule has 0 unspecified atom stereocenters. The minimum absolute atomic E-state index is 0.286. The Morgan fingerprint density at radius 1 is 1.25 bits per heavy atom. The lowest BCUT2D eigenvalue weighted by atomic mass is 10.5. The van der Waals surface area contributed by atoms with Crippen LogP contribution in [0.1, 0.15) is 0 Å². The molecule has 1 aliphatic heterocycles. The fraction of sp³-hybridized carbons (Fsp3) is 0.333. The lowest BCUT2D eigenvalue weighted by Crippen LogP contribution is -2.53. The zero-order valence-corrected chi connectivity index (χ0v) is 6.15. The van der Waals surface area contributed by atoms with Crippen LogP contribution in [0.4, 0.5) is 0 Å². The minimum Gasteiger partial charge on any atom is -0.404 e. The molecule has 6 heteroatoms. The van der Waals surface area contributed by atoms with E-state index in [9.17, 15) is 9.59 Å². The molecule has 0 radical (unpaired) electrons. The second-order valence-corrected chi connectivity index (χ2v) is 2.19. The number of hydrogen-bond donors (Lipinski definition) is 2. The highest BCUT2D eigenvalue weighted by molar-refractivity contribution is 5.93. The van der Waals surface area contributed by atoms with E-state index in [1.54, 1.807) is 0 Å². The van der Waals surface area contributed by atoms with Gasteiger partial charge in [0, 0.05) is 12.2 Å². The van der Waals surface area contributed by atoms with Crippen LogP contribution in [0.15, 0.2) is 12.2 Å². The first-order chi connectivity index (χ1) is 5.56. The molecular formula is C6H8N2O4. The highest BCUT2D eigenvalue weighted by Gasteiger charge is 2.33. The van der Waals surface area contributed by atoms with E-state index in [4.69, 9.17) is 11.5 Å². The molecule has 0 saturated carbocycles. The summed E-state index contributed by atoms with van der Waals surface area (Å²) in [5.41, 5.74) is 10.4. The number of carbonyl (C=O) groups is 2. The zero-order valence-electron chi connectivity index (χ0n) is 6.15. The maximum absolute atomic E-state index is 10.7. The molecule has 0 aliphatic carbocycles. The molecular weight excluding hydrogens is 164 g/mol. The van der Waals surface area contributed by atoms with E-state index < -0.39 is 17.8 Å². The van der Waals surface area contributed by atoms with Gasteiger partial charge >= 0.3 is 17.8 Å². The second kappa shape index (κ2) is 2.92. The van der Waals surface area contributed by atoms with Crippen LogP contribution in [-0.4, -0.2) is 24.4 Å². The van der Waals surface area contributed by atoms with Gasteiger partial charge in [0.1, 0.15) is 0 Å². The molecule has 0 bridgehead atoms. The molecule has 6 nitrogen and oxygen atoms in total. The summed E-state index contributed by atoms with van der Waals surface area (Å²) in [4.78, 5) is 21.5. The SMILES string of the molecule is NCC1(N)OC(=O)C=CC(=O)O1. The monoisotopic (exact) mass is 172 g/mol. The van der Waals surface area contributed by atoms with Gasteiger partial charge in [-0.05, 0) is 0 Å². The summed E-state index contributed by atoms with van der Waals surface area (Å²) >= 11 is 0. The smallest absolute Gasteiger partial charge is 0.335 e. The van der Waals surface area contributed by atoms with E-state index in [1.165, 1.54) is 0 Å². The zero-order chi connectivity index (χ0) is 9.19. The Labute approximate surface area is 68.1 Å². The van der Waals surface area contributed by atoms with Crippen LogP contribution in [0.5, 0.6) is 0 Å².